The number of aliphatic hydroxyl groups excluding tert-OH is 1. The van der Waals surface area contributed by atoms with Crippen LogP contribution in [0.4, 0.5) is 17.5 Å². The average Bonchev–Trinajstić information content (AvgIpc) is 3.26. The summed E-state index contributed by atoms with van der Waals surface area (Å²) >= 11 is 0. The summed E-state index contributed by atoms with van der Waals surface area (Å²) in [5.74, 6) is 1.77. The number of nitrogens with zero attached hydrogens (tertiary/aromatic N) is 4. The van der Waals surface area contributed by atoms with Crippen LogP contribution in [0.15, 0.2) is 41.7 Å². The van der Waals surface area contributed by atoms with Crippen LogP contribution < -0.4 is 16.2 Å². The number of aromatic nitrogens is 4. The van der Waals surface area contributed by atoms with Gasteiger partial charge in [-0.2, -0.15) is 0 Å². The second kappa shape index (κ2) is 8.24. The third-order valence-electron chi connectivity index (χ3n) is 6.13. The van der Waals surface area contributed by atoms with Crippen molar-refractivity contribution in [1.29, 1.82) is 0 Å². The molecule has 1 saturated carbocycles. The van der Waals surface area contributed by atoms with E-state index in [1.807, 2.05) is 12.1 Å². The van der Waals surface area contributed by atoms with E-state index in [1.165, 1.54) is 12.8 Å². The molecule has 0 aromatic carbocycles. The number of fused-ring (bicyclic) bond motifs is 1. The smallest absolute Gasteiger partial charge is 0.262 e. The maximum atomic E-state index is 13.4. The first-order valence-electron chi connectivity index (χ1n) is 10.7. The molecule has 0 bridgehead atoms. The number of nitrogens with one attached hydrogen (secondary N) is 2. The summed E-state index contributed by atoms with van der Waals surface area (Å²) in [7, 11) is 0. The molecule has 1 saturated heterocycles. The monoisotopic (exact) mass is 422 g/mol. The Bertz CT molecular complexity index is 1120. The summed E-state index contributed by atoms with van der Waals surface area (Å²) in [5, 5.41) is 17.8. The minimum absolute atomic E-state index is 0.0100. The van der Waals surface area contributed by atoms with E-state index in [-0.39, 0.29) is 12.2 Å². The number of rotatable bonds is 7. The van der Waals surface area contributed by atoms with Gasteiger partial charge in [-0.1, -0.05) is 12.8 Å². The fourth-order valence-electron chi connectivity index (χ4n) is 4.34. The van der Waals surface area contributed by atoms with Crippen molar-refractivity contribution in [2.24, 2.45) is 5.41 Å². The van der Waals surface area contributed by atoms with Crippen molar-refractivity contribution in [3.8, 4) is 0 Å². The van der Waals surface area contributed by atoms with Gasteiger partial charge in [-0.25, -0.2) is 9.97 Å². The maximum Gasteiger partial charge on any atom is 0.262 e. The van der Waals surface area contributed by atoms with Crippen LogP contribution in [0.5, 0.6) is 0 Å². The van der Waals surface area contributed by atoms with E-state index in [1.54, 1.807) is 29.4 Å². The molecule has 2 aliphatic rings. The Morgan fingerprint density at radius 2 is 2.06 bits per heavy atom. The number of hydrogen-bond donors (Lipinski definition) is 3. The molecule has 9 nitrogen and oxygen atoms in total. The SMILES string of the molecule is O=c1c2c(NC3CCCC3)nc(Nc3cnccn3)cc2ccn1CC1(CO)COC1. The van der Waals surface area contributed by atoms with Crippen LogP contribution >= 0.6 is 0 Å². The van der Waals surface area contributed by atoms with E-state index >= 15 is 0 Å². The molecule has 2 fully saturated rings. The molecule has 0 amide bonds. The molecule has 1 aliphatic heterocycles. The van der Waals surface area contributed by atoms with Crippen LogP contribution in [-0.2, 0) is 11.3 Å². The summed E-state index contributed by atoms with van der Waals surface area (Å²) in [4.78, 5) is 26.5. The second-order valence-electron chi connectivity index (χ2n) is 8.56. The van der Waals surface area contributed by atoms with Crippen molar-refractivity contribution in [2.75, 3.05) is 30.5 Å². The van der Waals surface area contributed by atoms with Gasteiger partial charge >= 0.3 is 0 Å². The van der Waals surface area contributed by atoms with E-state index in [0.29, 0.717) is 48.6 Å². The molecule has 4 heterocycles. The molecule has 3 N–H and O–H groups in total. The van der Waals surface area contributed by atoms with Crippen LogP contribution in [0.25, 0.3) is 10.8 Å². The summed E-state index contributed by atoms with van der Waals surface area (Å²) in [5.41, 5.74) is -0.506. The Labute approximate surface area is 179 Å². The van der Waals surface area contributed by atoms with E-state index in [0.717, 1.165) is 18.2 Å². The molecule has 3 aromatic heterocycles. The number of aliphatic hydroxyl groups is 1. The van der Waals surface area contributed by atoms with Crippen molar-refractivity contribution in [3.05, 3.63) is 47.3 Å². The first-order valence-corrected chi connectivity index (χ1v) is 10.7. The third kappa shape index (κ3) is 3.98. The lowest BCUT2D eigenvalue weighted by atomic mass is 9.87. The van der Waals surface area contributed by atoms with Gasteiger partial charge in [0.05, 0.1) is 36.8 Å². The first kappa shape index (κ1) is 19.9. The highest BCUT2D eigenvalue weighted by atomic mass is 16.5. The van der Waals surface area contributed by atoms with Gasteiger partial charge in [0.1, 0.15) is 17.5 Å². The van der Waals surface area contributed by atoms with Gasteiger partial charge in [-0.3, -0.25) is 9.78 Å². The fourth-order valence-corrected chi connectivity index (χ4v) is 4.34. The Balaban J connectivity index is 1.56. The highest BCUT2D eigenvalue weighted by molar-refractivity contribution is 5.93. The van der Waals surface area contributed by atoms with Gasteiger partial charge in [0.2, 0.25) is 0 Å². The highest BCUT2D eigenvalue weighted by Crippen LogP contribution is 2.30. The van der Waals surface area contributed by atoms with Crippen LogP contribution in [0.3, 0.4) is 0 Å². The Morgan fingerprint density at radius 3 is 2.74 bits per heavy atom. The van der Waals surface area contributed by atoms with Gasteiger partial charge in [0.25, 0.3) is 5.56 Å². The van der Waals surface area contributed by atoms with Gasteiger partial charge in [-0.05, 0) is 30.4 Å². The Kier molecular flexibility index (Phi) is 5.29. The lowest BCUT2D eigenvalue weighted by molar-refractivity contribution is -0.145. The molecular weight excluding hydrogens is 396 g/mol. The summed E-state index contributed by atoms with van der Waals surface area (Å²) in [6.07, 6.45) is 11.1. The van der Waals surface area contributed by atoms with Gasteiger partial charge < -0.3 is 25.0 Å². The molecular formula is C22H26N6O3. The van der Waals surface area contributed by atoms with E-state index < -0.39 is 5.41 Å². The van der Waals surface area contributed by atoms with Crippen molar-refractivity contribution in [2.45, 2.75) is 38.3 Å². The van der Waals surface area contributed by atoms with Crippen LogP contribution in [0.2, 0.25) is 0 Å². The average molecular weight is 422 g/mol. The first-order chi connectivity index (χ1) is 15.2. The van der Waals surface area contributed by atoms with Crippen LogP contribution in [-0.4, -0.2) is 50.5 Å². The molecule has 0 unspecified atom stereocenters. The number of pyridine rings is 2. The Morgan fingerprint density at radius 1 is 1.23 bits per heavy atom. The Hall–Kier alpha value is -3.04. The standard InChI is InChI=1S/C22H26N6O3/c29-12-22(13-31-14-22)11-28-8-5-15-9-17(26-18-10-23-6-7-24-18)27-20(19(15)21(28)30)25-16-3-1-2-4-16/h5-10,16,29H,1-4,11-14H2,(H2,24,25,26,27). The molecule has 31 heavy (non-hydrogen) atoms. The van der Waals surface area contributed by atoms with Crippen LogP contribution in [0, 0.1) is 5.41 Å². The maximum absolute atomic E-state index is 13.4. The predicted molar refractivity (Wildman–Crippen MR) is 118 cm³/mol. The molecule has 162 valence electrons. The highest BCUT2D eigenvalue weighted by Gasteiger charge is 2.38. The lowest BCUT2D eigenvalue weighted by Gasteiger charge is -2.40. The van der Waals surface area contributed by atoms with Crippen molar-refractivity contribution in [1.82, 2.24) is 19.5 Å². The molecule has 9 heteroatoms. The van der Waals surface area contributed by atoms with Crippen molar-refractivity contribution in [3.63, 3.8) is 0 Å². The van der Waals surface area contributed by atoms with Gasteiger partial charge in [0, 0.05) is 31.2 Å². The molecule has 0 spiro atoms. The second-order valence-corrected chi connectivity index (χ2v) is 8.56. The summed E-state index contributed by atoms with van der Waals surface area (Å²) in [6, 6.07) is 4.08. The zero-order chi connectivity index (χ0) is 21.3. The molecule has 3 aromatic rings. The third-order valence-corrected chi connectivity index (χ3v) is 6.13. The van der Waals surface area contributed by atoms with E-state index in [4.69, 9.17) is 9.72 Å². The van der Waals surface area contributed by atoms with Crippen molar-refractivity contribution >= 4 is 28.2 Å². The molecule has 0 atom stereocenters. The summed E-state index contributed by atoms with van der Waals surface area (Å²) < 4.78 is 6.96. The number of ether oxygens (including phenoxy) is 1. The quantitative estimate of drug-likeness (QED) is 0.531. The normalized spacial score (nSPS) is 18.1. The topological polar surface area (TPSA) is 114 Å². The largest absolute Gasteiger partial charge is 0.396 e. The molecule has 0 radical (unpaired) electrons. The van der Waals surface area contributed by atoms with E-state index in [9.17, 15) is 9.90 Å². The minimum atomic E-state index is -0.391. The minimum Gasteiger partial charge on any atom is -0.396 e. The van der Waals surface area contributed by atoms with Gasteiger partial charge in [0.15, 0.2) is 0 Å². The zero-order valence-electron chi connectivity index (χ0n) is 17.3. The number of anilines is 3. The fraction of sp³-hybridized carbons (Fsp3) is 0.455. The van der Waals surface area contributed by atoms with Crippen LogP contribution in [0.1, 0.15) is 25.7 Å². The van der Waals surface area contributed by atoms with Crippen molar-refractivity contribution < 1.29 is 9.84 Å². The zero-order valence-corrected chi connectivity index (χ0v) is 17.3. The summed E-state index contributed by atoms with van der Waals surface area (Å²) in [6.45, 7) is 1.32. The van der Waals surface area contributed by atoms with E-state index in [2.05, 4.69) is 20.6 Å². The molecule has 5 rings (SSSR count). The lowest BCUT2D eigenvalue weighted by Crippen LogP contribution is -2.50. The number of hydrogen-bond acceptors (Lipinski definition) is 8. The van der Waals surface area contributed by atoms with Gasteiger partial charge in [-0.15, -0.1) is 0 Å². The molecule has 1 aliphatic carbocycles. The predicted octanol–water partition coefficient (Wildman–Crippen LogP) is 2.29.